The van der Waals surface area contributed by atoms with Gasteiger partial charge in [-0.2, -0.15) is 0 Å². The molecule has 0 saturated heterocycles. The Labute approximate surface area is 159 Å². The molecular weight excluding hydrogens is 312 g/mol. The van der Waals surface area contributed by atoms with Gasteiger partial charge < -0.3 is 0 Å². The second kappa shape index (κ2) is 7.99. The van der Waals surface area contributed by atoms with Gasteiger partial charge in [-0.25, -0.2) is 0 Å². The van der Waals surface area contributed by atoms with E-state index in [9.17, 15) is 0 Å². The van der Waals surface area contributed by atoms with E-state index in [-0.39, 0.29) is 0 Å². The molecule has 2 aliphatic rings. The number of benzene rings is 2. The molecule has 2 fully saturated rings. The van der Waals surface area contributed by atoms with Crippen molar-refractivity contribution in [3.8, 4) is 0 Å². The fourth-order valence-electron chi connectivity index (χ4n) is 5.57. The minimum absolute atomic E-state index is 0.795. The zero-order valence-corrected chi connectivity index (χ0v) is 16.6. The molecule has 2 aliphatic carbocycles. The molecule has 0 heteroatoms. The molecule has 0 heterocycles. The number of hydrogen-bond acceptors (Lipinski definition) is 0. The smallest absolute Gasteiger partial charge is 0.0159 e. The summed E-state index contributed by atoms with van der Waals surface area (Å²) in [4.78, 5) is 0. The normalized spacial score (nSPS) is 29.2. The van der Waals surface area contributed by atoms with Gasteiger partial charge >= 0.3 is 0 Å². The van der Waals surface area contributed by atoms with Crippen molar-refractivity contribution in [2.24, 2.45) is 17.8 Å². The van der Waals surface area contributed by atoms with Gasteiger partial charge in [0.2, 0.25) is 0 Å². The lowest BCUT2D eigenvalue weighted by Crippen LogP contribution is -2.29. The van der Waals surface area contributed by atoms with E-state index in [2.05, 4.69) is 62.4 Å². The molecule has 138 valence electrons. The molecule has 0 amide bonds. The summed E-state index contributed by atoms with van der Waals surface area (Å²) >= 11 is 0. The fourth-order valence-corrected chi connectivity index (χ4v) is 5.57. The van der Waals surface area contributed by atoms with Crippen molar-refractivity contribution in [3.05, 3.63) is 59.7 Å². The standard InChI is InChI=1S/C26H34/c1-3-4-5-6-20-8-10-24-18-26(14-12-22(24)16-20)25-13-11-21-15-19(2)7-9-23(21)17-25/h3-4,8,10,12,14,16,18-19,21,23,25H,5-7,9,11,13,15,17H2,1-2H3/b4-3+/t19?,21-,23?,25-/m1/s1. The molecule has 4 atom stereocenters. The SMILES string of the molecule is C/C=C/CCc1ccc2cc([C@@H]3CC[C@@H]4CC(C)CCC4C3)ccc2c1. The molecule has 0 N–H and O–H groups in total. The minimum atomic E-state index is 0.795. The average Bonchev–Trinajstić information content (AvgIpc) is 2.67. The van der Waals surface area contributed by atoms with E-state index in [1.54, 1.807) is 5.56 Å². The van der Waals surface area contributed by atoms with Crippen molar-refractivity contribution < 1.29 is 0 Å². The molecule has 2 aromatic carbocycles. The molecule has 0 aliphatic heterocycles. The Morgan fingerprint density at radius 1 is 0.885 bits per heavy atom. The van der Waals surface area contributed by atoms with Gasteiger partial charge in [0.15, 0.2) is 0 Å². The van der Waals surface area contributed by atoms with Gasteiger partial charge in [0.05, 0.1) is 0 Å². The van der Waals surface area contributed by atoms with Crippen molar-refractivity contribution in [2.75, 3.05) is 0 Å². The van der Waals surface area contributed by atoms with E-state index >= 15 is 0 Å². The van der Waals surface area contributed by atoms with Crippen molar-refractivity contribution in [1.29, 1.82) is 0 Å². The summed E-state index contributed by atoms with van der Waals surface area (Å²) in [6.45, 7) is 4.56. The summed E-state index contributed by atoms with van der Waals surface area (Å²) in [5.41, 5.74) is 3.05. The van der Waals surface area contributed by atoms with Crippen molar-refractivity contribution in [2.45, 2.75) is 71.1 Å². The van der Waals surface area contributed by atoms with Gasteiger partial charge in [0.1, 0.15) is 0 Å². The first-order valence-electron chi connectivity index (χ1n) is 10.9. The van der Waals surface area contributed by atoms with Crippen LogP contribution >= 0.6 is 0 Å². The predicted octanol–water partition coefficient (Wildman–Crippen LogP) is 7.67. The first-order chi connectivity index (χ1) is 12.7. The van der Waals surface area contributed by atoms with Crippen LogP contribution < -0.4 is 0 Å². The topological polar surface area (TPSA) is 0 Å². The van der Waals surface area contributed by atoms with Gasteiger partial charge in [-0.15, -0.1) is 0 Å². The van der Waals surface area contributed by atoms with Crippen molar-refractivity contribution >= 4 is 10.8 Å². The molecule has 0 spiro atoms. The van der Waals surface area contributed by atoms with E-state index in [1.807, 2.05) is 0 Å². The maximum Gasteiger partial charge on any atom is -0.0159 e. The highest BCUT2D eigenvalue weighted by molar-refractivity contribution is 5.84. The third-order valence-electron chi connectivity index (χ3n) is 7.11. The van der Waals surface area contributed by atoms with Gasteiger partial charge in [-0.3, -0.25) is 0 Å². The summed E-state index contributed by atoms with van der Waals surface area (Å²) in [6, 6.07) is 14.4. The molecular formula is C26H34. The van der Waals surface area contributed by atoms with Gasteiger partial charge in [0, 0.05) is 0 Å². The summed E-state index contributed by atoms with van der Waals surface area (Å²) < 4.78 is 0. The van der Waals surface area contributed by atoms with Crippen LogP contribution in [0.5, 0.6) is 0 Å². The van der Waals surface area contributed by atoms with E-state index < -0.39 is 0 Å². The number of allylic oxidation sites excluding steroid dienone is 2. The van der Waals surface area contributed by atoms with Gasteiger partial charge in [-0.05, 0) is 97.4 Å². The monoisotopic (exact) mass is 346 g/mol. The highest BCUT2D eigenvalue weighted by Crippen LogP contribution is 2.47. The van der Waals surface area contributed by atoms with Crippen molar-refractivity contribution in [1.82, 2.24) is 0 Å². The molecule has 2 saturated carbocycles. The largest absolute Gasteiger partial charge is 0.0917 e. The third-order valence-corrected chi connectivity index (χ3v) is 7.11. The highest BCUT2D eigenvalue weighted by Gasteiger charge is 2.34. The van der Waals surface area contributed by atoms with Gasteiger partial charge in [0.25, 0.3) is 0 Å². The summed E-state index contributed by atoms with van der Waals surface area (Å²) in [6.07, 6.45) is 15.4. The molecule has 2 aromatic rings. The molecule has 2 unspecified atom stereocenters. The van der Waals surface area contributed by atoms with Crippen LogP contribution in [0.4, 0.5) is 0 Å². The lowest BCUT2D eigenvalue weighted by molar-refractivity contribution is 0.124. The third kappa shape index (κ3) is 3.90. The quantitative estimate of drug-likeness (QED) is 0.498. The summed E-state index contributed by atoms with van der Waals surface area (Å²) in [7, 11) is 0. The molecule has 26 heavy (non-hydrogen) atoms. The number of aryl methyl sites for hydroxylation is 1. The van der Waals surface area contributed by atoms with Gasteiger partial charge in [-0.1, -0.05) is 61.9 Å². The Morgan fingerprint density at radius 2 is 1.65 bits per heavy atom. The Balaban J connectivity index is 1.48. The van der Waals surface area contributed by atoms with Crippen LogP contribution in [0.2, 0.25) is 0 Å². The zero-order chi connectivity index (χ0) is 17.9. The van der Waals surface area contributed by atoms with Crippen molar-refractivity contribution in [3.63, 3.8) is 0 Å². The van der Waals surface area contributed by atoms with E-state index in [1.165, 1.54) is 54.9 Å². The predicted molar refractivity (Wildman–Crippen MR) is 114 cm³/mol. The van der Waals surface area contributed by atoms with Crippen LogP contribution in [0, 0.1) is 17.8 Å². The van der Waals surface area contributed by atoms with Crippen LogP contribution in [0.1, 0.15) is 75.8 Å². The Hall–Kier alpha value is -1.56. The lowest BCUT2D eigenvalue weighted by atomic mass is 9.64. The number of hydrogen-bond donors (Lipinski definition) is 0. The van der Waals surface area contributed by atoms with Crippen LogP contribution in [-0.2, 0) is 6.42 Å². The molecule has 4 rings (SSSR count). The van der Waals surface area contributed by atoms with E-state index in [0.717, 1.165) is 36.5 Å². The van der Waals surface area contributed by atoms with Crippen LogP contribution in [0.3, 0.4) is 0 Å². The number of rotatable bonds is 4. The first-order valence-corrected chi connectivity index (χ1v) is 10.9. The maximum absolute atomic E-state index is 2.49. The van der Waals surface area contributed by atoms with Crippen LogP contribution in [0.25, 0.3) is 10.8 Å². The summed E-state index contributed by atoms with van der Waals surface area (Å²) in [5.74, 6) is 3.78. The van der Waals surface area contributed by atoms with E-state index in [4.69, 9.17) is 0 Å². The van der Waals surface area contributed by atoms with Crippen LogP contribution in [-0.4, -0.2) is 0 Å². The summed E-state index contributed by atoms with van der Waals surface area (Å²) in [5, 5.41) is 2.84. The second-order valence-corrected chi connectivity index (χ2v) is 9.00. The maximum atomic E-state index is 2.49. The Morgan fingerprint density at radius 3 is 2.54 bits per heavy atom. The average molecular weight is 347 g/mol. The number of fused-ring (bicyclic) bond motifs is 2. The lowest BCUT2D eigenvalue weighted by Gasteiger charge is -2.41. The first kappa shape index (κ1) is 17.8. The van der Waals surface area contributed by atoms with E-state index in [0.29, 0.717) is 0 Å². The highest BCUT2D eigenvalue weighted by atomic mass is 14.4. The molecule has 0 nitrogen and oxygen atoms in total. The Kier molecular flexibility index (Phi) is 5.48. The van der Waals surface area contributed by atoms with Crippen LogP contribution in [0.15, 0.2) is 48.6 Å². The fraction of sp³-hybridized carbons (Fsp3) is 0.538. The zero-order valence-electron chi connectivity index (χ0n) is 16.6. The Bertz CT molecular complexity index is 769. The molecule has 0 aromatic heterocycles. The second-order valence-electron chi connectivity index (χ2n) is 9.00. The molecule has 0 radical (unpaired) electrons. The molecule has 0 bridgehead atoms. The minimum Gasteiger partial charge on any atom is -0.0917 e.